The Balaban J connectivity index is 1.61. The summed E-state index contributed by atoms with van der Waals surface area (Å²) in [4.78, 5) is 18.8. The van der Waals surface area contributed by atoms with Crippen molar-refractivity contribution in [1.82, 2.24) is 4.98 Å². The average Bonchev–Trinajstić information content (AvgIpc) is 3.27. The molecule has 5 nitrogen and oxygen atoms in total. The number of halogens is 3. The molecule has 1 fully saturated rings. The highest BCUT2D eigenvalue weighted by atomic mass is 32.2. The molecule has 0 radical (unpaired) electrons. The van der Waals surface area contributed by atoms with E-state index < -0.39 is 34.6 Å². The van der Waals surface area contributed by atoms with Crippen molar-refractivity contribution in [1.29, 1.82) is 5.26 Å². The molecule has 3 aliphatic rings. The summed E-state index contributed by atoms with van der Waals surface area (Å²) in [6.07, 6.45) is 0.724. The number of nitrogens with zero attached hydrogens (tertiary/aromatic N) is 2. The molecule has 47 heavy (non-hydrogen) atoms. The summed E-state index contributed by atoms with van der Waals surface area (Å²) in [6, 6.07) is 14.1. The van der Waals surface area contributed by atoms with E-state index in [1.54, 1.807) is 6.07 Å². The Kier molecular flexibility index (Phi) is 10.1. The molecule has 6 rings (SSSR count). The van der Waals surface area contributed by atoms with E-state index in [4.69, 9.17) is 0 Å². The Hall–Kier alpha value is -3.45. The van der Waals surface area contributed by atoms with Crippen LogP contribution < -0.4 is 0 Å². The first-order valence-electron chi connectivity index (χ1n) is 16.1. The number of pyridine rings is 1. The van der Waals surface area contributed by atoms with Gasteiger partial charge in [-0.3, -0.25) is 4.79 Å². The zero-order chi connectivity index (χ0) is 34.1. The van der Waals surface area contributed by atoms with E-state index in [1.165, 1.54) is 23.9 Å². The van der Waals surface area contributed by atoms with Crippen LogP contribution in [0, 0.1) is 30.6 Å². The number of benzene rings is 2. The van der Waals surface area contributed by atoms with Crippen LogP contribution in [0.1, 0.15) is 108 Å². The van der Waals surface area contributed by atoms with Crippen molar-refractivity contribution in [2.24, 2.45) is 5.41 Å². The summed E-state index contributed by atoms with van der Waals surface area (Å²) in [5.41, 5.74) is 2.09. The third-order valence-corrected chi connectivity index (χ3v) is 11.4. The van der Waals surface area contributed by atoms with Gasteiger partial charge in [-0.25, -0.2) is 4.98 Å². The van der Waals surface area contributed by atoms with Crippen LogP contribution in [0.3, 0.4) is 0 Å². The van der Waals surface area contributed by atoms with Crippen LogP contribution >= 0.6 is 11.8 Å². The molecule has 9 heteroatoms. The number of hydrogen-bond donors (Lipinski definition) is 2. The predicted molar refractivity (Wildman–Crippen MR) is 177 cm³/mol. The zero-order valence-electron chi connectivity index (χ0n) is 27.2. The Labute approximate surface area is 278 Å². The van der Waals surface area contributed by atoms with Gasteiger partial charge < -0.3 is 10.2 Å². The van der Waals surface area contributed by atoms with Crippen LogP contribution in [-0.2, 0) is 12.6 Å². The molecule has 2 N–H and O–H groups in total. The third kappa shape index (κ3) is 7.20. The fraction of sp³-hybridized carbons (Fsp3) is 0.447. The third-order valence-electron chi connectivity index (χ3n) is 10.2. The monoisotopic (exact) mass is 662 g/mol. The number of aliphatic hydroxyl groups is 2. The minimum absolute atomic E-state index is 0.0612. The maximum Gasteiger partial charge on any atom is 0.416 e. The molecule has 248 valence electrons. The van der Waals surface area contributed by atoms with E-state index in [0.717, 1.165) is 34.5 Å². The van der Waals surface area contributed by atoms with Gasteiger partial charge in [0, 0.05) is 28.0 Å². The normalized spacial score (nSPS) is 25.1. The first-order chi connectivity index (χ1) is 22.1. The number of carbonyl (C=O) groups is 1. The maximum atomic E-state index is 14.2. The molecular formula is C38H41F3N2O3S. The first-order valence-corrected chi connectivity index (χ1v) is 17.1. The number of carbonyl (C=O) groups excluding carboxylic acids is 1. The lowest BCUT2D eigenvalue weighted by molar-refractivity contribution is -0.137. The van der Waals surface area contributed by atoms with E-state index in [-0.39, 0.29) is 17.2 Å². The number of aromatic nitrogens is 1. The van der Waals surface area contributed by atoms with Crippen LogP contribution in [0.4, 0.5) is 13.2 Å². The zero-order valence-corrected chi connectivity index (χ0v) is 28.1. The highest BCUT2D eigenvalue weighted by Gasteiger charge is 2.56. The van der Waals surface area contributed by atoms with Gasteiger partial charge in [-0.2, -0.15) is 18.4 Å². The fourth-order valence-corrected chi connectivity index (χ4v) is 8.81. The highest BCUT2D eigenvalue weighted by molar-refractivity contribution is 7.99. The summed E-state index contributed by atoms with van der Waals surface area (Å²) in [7, 11) is 0. The number of alkyl halides is 3. The second kappa shape index (κ2) is 13.6. The quantitative estimate of drug-likeness (QED) is 0.161. The molecule has 3 aliphatic carbocycles. The van der Waals surface area contributed by atoms with Crippen molar-refractivity contribution in [3.05, 3.63) is 105 Å². The van der Waals surface area contributed by atoms with Crippen molar-refractivity contribution in [3.8, 4) is 6.07 Å². The Bertz CT molecular complexity index is 1750. The van der Waals surface area contributed by atoms with Crippen LogP contribution in [0.5, 0.6) is 0 Å². The lowest BCUT2D eigenvalue weighted by Gasteiger charge is -2.44. The van der Waals surface area contributed by atoms with Gasteiger partial charge >= 0.3 is 6.18 Å². The minimum Gasteiger partial charge on any atom is -0.393 e. The molecule has 1 aromatic heterocycles. The van der Waals surface area contributed by atoms with Crippen LogP contribution in [0.25, 0.3) is 0 Å². The smallest absolute Gasteiger partial charge is 0.393 e. The Morgan fingerprint density at radius 1 is 1.11 bits per heavy atom. The molecule has 0 saturated heterocycles. The number of hydrogen-bond acceptors (Lipinski definition) is 6. The van der Waals surface area contributed by atoms with Crippen molar-refractivity contribution < 1.29 is 28.2 Å². The molecule has 0 aliphatic heterocycles. The second-order valence-corrected chi connectivity index (χ2v) is 14.5. The number of ketones is 1. The molecule has 3 aromatic rings. The number of nitriles is 1. The van der Waals surface area contributed by atoms with Crippen molar-refractivity contribution >= 4 is 17.5 Å². The highest BCUT2D eigenvalue weighted by Crippen LogP contribution is 2.59. The van der Waals surface area contributed by atoms with Gasteiger partial charge in [0.15, 0.2) is 5.78 Å². The molecule has 1 saturated carbocycles. The number of aliphatic hydroxyl groups excluding tert-OH is 1. The molecule has 0 amide bonds. The van der Waals surface area contributed by atoms with Gasteiger partial charge in [0.05, 0.1) is 22.8 Å². The van der Waals surface area contributed by atoms with Gasteiger partial charge in [-0.05, 0) is 113 Å². The van der Waals surface area contributed by atoms with Crippen molar-refractivity contribution in [2.45, 2.75) is 101 Å². The van der Waals surface area contributed by atoms with E-state index in [9.17, 15) is 33.4 Å². The second-order valence-electron chi connectivity index (χ2n) is 13.5. The van der Waals surface area contributed by atoms with E-state index in [0.29, 0.717) is 66.7 Å². The molecule has 4 unspecified atom stereocenters. The van der Waals surface area contributed by atoms with Gasteiger partial charge in [0.2, 0.25) is 0 Å². The minimum atomic E-state index is -4.60. The number of fused-ring (bicyclic) bond motifs is 8. The topological polar surface area (TPSA) is 94.2 Å². The Morgan fingerprint density at radius 2 is 1.87 bits per heavy atom. The summed E-state index contributed by atoms with van der Waals surface area (Å²) in [5.74, 6) is -0.513. The van der Waals surface area contributed by atoms with E-state index >= 15 is 0 Å². The molecule has 2 bridgehead atoms. The Morgan fingerprint density at radius 3 is 2.60 bits per heavy atom. The predicted octanol–water partition coefficient (Wildman–Crippen LogP) is 8.65. The summed E-state index contributed by atoms with van der Waals surface area (Å²) >= 11 is 1.37. The summed E-state index contributed by atoms with van der Waals surface area (Å²) in [5, 5.41) is 33.8. The van der Waals surface area contributed by atoms with Gasteiger partial charge in [-0.15, -0.1) is 11.8 Å². The maximum absolute atomic E-state index is 14.2. The molecular weight excluding hydrogens is 621 g/mol. The van der Waals surface area contributed by atoms with E-state index in [2.05, 4.69) is 24.1 Å². The average molecular weight is 663 g/mol. The van der Waals surface area contributed by atoms with Gasteiger partial charge in [0.1, 0.15) is 11.1 Å². The first kappa shape index (κ1) is 34.9. The number of aryl methyl sites for hydroxylation is 2. The molecule has 0 spiro atoms. The molecule has 1 heterocycles. The van der Waals surface area contributed by atoms with Crippen LogP contribution in [0.2, 0.25) is 0 Å². The van der Waals surface area contributed by atoms with Crippen LogP contribution in [-0.4, -0.2) is 38.4 Å². The largest absolute Gasteiger partial charge is 0.416 e. The van der Waals surface area contributed by atoms with Crippen molar-refractivity contribution in [3.63, 3.8) is 0 Å². The number of allylic oxidation sites excluding steroid dienone is 2. The summed E-state index contributed by atoms with van der Waals surface area (Å²) in [6.45, 7) is 7.84. The lowest BCUT2D eigenvalue weighted by Crippen LogP contribution is -2.46. The SMILES string of the molecule is CC1=CCCC2(C)C(CCC2(O)CSc2nc(C)cc(C)c2C#N)c2ccc(cc2C(=O)c2cccc(C(F)(F)F)c2)CC(O)CC1. The number of rotatable bonds is 5. The lowest BCUT2D eigenvalue weighted by atomic mass is 9.65. The molecule has 2 aromatic carbocycles. The van der Waals surface area contributed by atoms with Gasteiger partial charge in [-0.1, -0.05) is 42.8 Å². The fourth-order valence-electron chi connectivity index (χ4n) is 7.40. The van der Waals surface area contributed by atoms with Crippen molar-refractivity contribution in [2.75, 3.05) is 5.75 Å². The summed E-state index contributed by atoms with van der Waals surface area (Å²) < 4.78 is 40.9. The van der Waals surface area contributed by atoms with E-state index in [1.807, 2.05) is 39.0 Å². The molecule has 4 atom stereocenters. The standard InChI is InChI=1S/C38H41F3N2O3S/c1-23-7-6-15-36(4)33(14-16-37(36,46)22-47-35-32(21-42)24(2)17-25(3)43-35)30-13-11-26(18-29(44)12-10-23)19-31(30)34(45)27-8-5-9-28(20-27)38(39,40)41/h5,7-9,11,13,17,19-20,29,33,44,46H,6,10,12,14-16,18,22H2,1-4H3. The van der Waals surface area contributed by atoms with Crippen LogP contribution in [0.15, 0.2) is 65.2 Å². The number of thioether (sulfide) groups is 1. The van der Waals surface area contributed by atoms with Gasteiger partial charge in [0.25, 0.3) is 0 Å².